The Hall–Kier alpha value is -0.352. The average molecular weight is 194 g/mol. The molecule has 2 N–H and O–H groups in total. The van der Waals surface area contributed by atoms with Crippen molar-refractivity contribution in [2.45, 2.75) is 0 Å². The Bertz CT molecular complexity index is 274. The van der Waals surface area contributed by atoms with E-state index < -0.39 is 14.6 Å². The van der Waals surface area contributed by atoms with Gasteiger partial charge in [-0.15, -0.1) is 0 Å². The predicted octanol–water partition coefficient (Wildman–Crippen LogP) is -1.42. The zero-order chi connectivity index (χ0) is 5.45. The van der Waals surface area contributed by atoms with Crippen LogP contribution in [0.15, 0.2) is 0 Å². The normalized spacial score (nSPS) is 8.57. The predicted molar refractivity (Wildman–Crippen MR) is 7.05 cm³/mol. The van der Waals surface area contributed by atoms with Gasteiger partial charge in [0.15, 0.2) is 0 Å². The van der Waals surface area contributed by atoms with E-state index in [1.165, 1.54) is 0 Å². The van der Waals surface area contributed by atoms with E-state index in [0.29, 0.717) is 0 Å². The molecule has 44 valence electrons. The minimum absolute atomic E-state index is 0. The molecule has 0 heterocycles. The van der Waals surface area contributed by atoms with Gasteiger partial charge in [-0.1, -0.05) is 0 Å². The molecule has 0 aliphatic rings. The molecule has 0 spiro atoms. The van der Waals surface area contributed by atoms with Crippen LogP contribution in [0.5, 0.6) is 0 Å². The standard InChI is InChI=1S/Mo.H2O.5O/h;1H2;;;;;. The van der Waals surface area contributed by atoms with Gasteiger partial charge in [0, 0.05) is 0 Å². The summed E-state index contributed by atoms with van der Waals surface area (Å²) in [6, 6.07) is 0. The van der Waals surface area contributed by atoms with Gasteiger partial charge >= 0.3 is 31.6 Å². The summed E-state index contributed by atoms with van der Waals surface area (Å²) in [5.41, 5.74) is 0. The van der Waals surface area contributed by atoms with Crippen LogP contribution in [0.2, 0.25) is 0 Å². The van der Waals surface area contributed by atoms with Gasteiger partial charge in [-0.2, -0.15) is 0 Å². The fourth-order valence-corrected chi connectivity index (χ4v) is 0. The van der Waals surface area contributed by atoms with Crippen molar-refractivity contribution in [3.63, 3.8) is 0 Å². The molecule has 7 heteroatoms. The Kier molecular flexibility index (Phi) is 1.84. The van der Waals surface area contributed by atoms with Crippen molar-refractivity contribution in [2.75, 3.05) is 0 Å². The zero-order valence-electron chi connectivity index (χ0n) is 2.95. The summed E-state index contributed by atoms with van der Waals surface area (Å²) in [5.74, 6) is 0. The van der Waals surface area contributed by atoms with E-state index in [9.17, 15) is 0 Å². The maximum absolute atomic E-state index is 8.65. The van der Waals surface area contributed by atoms with Crippen LogP contribution in [0.4, 0.5) is 0 Å². The molecule has 0 bridgehead atoms. The fourth-order valence-electron chi connectivity index (χ4n) is 0. The van der Waals surface area contributed by atoms with Gasteiger partial charge in [-0.3, -0.25) is 0 Å². The van der Waals surface area contributed by atoms with Gasteiger partial charge in [-0.05, 0) is 0 Å². The Balaban J connectivity index is 0. The molecule has 6 nitrogen and oxygen atoms in total. The van der Waals surface area contributed by atoms with E-state index in [1.807, 2.05) is 0 Å². The second kappa shape index (κ2) is 1.31. The number of rotatable bonds is 0. The molecule has 0 aliphatic carbocycles. The molecule has 0 aromatic heterocycles. The van der Waals surface area contributed by atoms with Crippen molar-refractivity contribution >= 4 is 0 Å². The minimum atomic E-state index is -7.87. The summed E-state index contributed by atoms with van der Waals surface area (Å²) >= 11 is -7.87. The van der Waals surface area contributed by atoms with Crippen molar-refractivity contribution < 1.29 is 37.1 Å². The van der Waals surface area contributed by atoms with E-state index in [1.54, 1.807) is 0 Å². The molecule has 0 fully saturated rings. The second-order valence-electron chi connectivity index (χ2n) is 0.680. The van der Waals surface area contributed by atoms with E-state index in [4.69, 9.17) is 17.0 Å². The molecule has 0 atom stereocenters. The molecule has 0 aromatic carbocycles. The monoisotopic (exact) mass is 196 g/mol. The SMILES string of the molecule is O.[O]=[Mo](=[O])(=[O])(=[O])=[O]. The van der Waals surface area contributed by atoms with Crippen LogP contribution in [-0.4, -0.2) is 5.48 Å². The summed E-state index contributed by atoms with van der Waals surface area (Å²) in [4.78, 5) is 0. The Morgan fingerprint density at radius 1 is 0.714 bits per heavy atom. The third kappa shape index (κ3) is 608. The average Bonchev–Trinajstić information content (AvgIpc) is 0.650. The third-order valence-corrected chi connectivity index (χ3v) is 0. The van der Waals surface area contributed by atoms with E-state index in [0.717, 1.165) is 0 Å². The first-order valence-corrected chi connectivity index (χ1v) is 4.93. The Labute approximate surface area is 37.8 Å². The van der Waals surface area contributed by atoms with Crippen LogP contribution in [0, 0.1) is 0 Å². The van der Waals surface area contributed by atoms with Gasteiger partial charge in [0.2, 0.25) is 0 Å². The van der Waals surface area contributed by atoms with Gasteiger partial charge in [-0.25, -0.2) is 0 Å². The van der Waals surface area contributed by atoms with Crippen molar-refractivity contribution in [2.24, 2.45) is 0 Å². The molecule has 0 rings (SSSR count). The van der Waals surface area contributed by atoms with Crippen LogP contribution in [0.1, 0.15) is 0 Å². The van der Waals surface area contributed by atoms with E-state index in [2.05, 4.69) is 0 Å². The fraction of sp³-hybridized carbons (Fsp3) is 0. The molecule has 0 saturated heterocycles. The molecule has 0 saturated carbocycles. The quantitative estimate of drug-likeness (QED) is 0.438. The van der Waals surface area contributed by atoms with Crippen LogP contribution < -0.4 is 0 Å². The Morgan fingerprint density at radius 3 is 0.714 bits per heavy atom. The van der Waals surface area contributed by atoms with Gasteiger partial charge in [0.25, 0.3) is 0 Å². The van der Waals surface area contributed by atoms with E-state index in [-0.39, 0.29) is 5.48 Å². The zero-order valence-corrected chi connectivity index (χ0v) is 4.96. The maximum atomic E-state index is 8.65. The van der Waals surface area contributed by atoms with Crippen LogP contribution in [-0.2, 0) is 31.6 Å². The summed E-state index contributed by atoms with van der Waals surface area (Å²) in [6.45, 7) is 0. The van der Waals surface area contributed by atoms with Crippen molar-refractivity contribution in [1.82, 2.24) is 0 Å². The third-order valence-electron chi connectivity index (χ3n) is 0. The molecule has 0 unspecified atom stereocenters. The van der Waals surface area contributed by atoms with Gasteiger partial charge in [0.1, 0.15) is 0 Å². The Morgan fingerprint density at radius 2 is 0.714 bits per heavy atom. The first kappa shape index (κ1) is 9.82. The molecular weight excluding hydrogens is 192 g/mol. The summed E-state index contributed by atoms with van der Waals surface area (Å²) in [5, 5.41) is 0. The molecule has 0 aromatic rings. The molecule has 7 heavy (non-hydrogen) atoms. The molecular formula is H2MoO6. The van der Waals surface area contributed by atoms with Crippen LogP contribution >= 0.6 is 0 Å². The summed E-state index contributed by atoms with van der Waals surface area (Å²) in [6.07, 6.45) is 0. The summed E-state index contributed by atoms with van der Waals surface area (Å²) in [7, 11) is 0. The van der Waals surface area contributed by atoms with Crippen molar-refractivity contribution in [3.05, 3.63) is 0 Å². The molecule has 0 radical (unpaired) electrons. The first-order chi connectivity index (χ1) is 2.24. The molecule has 0 aliphatic heterocycles. The van der Waals surface area contributed by atoms with Gasteiger partial charge < -0.3 is 5.48 Å². The van der Waals surface area contributed by atoms with Gasteiger partial charge in [0.05, 0.1) is 0 Å². The van der Waals surface area contributed by atoms with Crippen molar-refractivity contribution in [1.29, 1.82) is 0 Å². The first-order valence-electron chi connectivity index (χ1n) is 0.833. The van der Waals surface area contributed by atoms with Crippen molar-refractivity contribution in [3.8, 4) is 0 Å². The van der Waals surface area contributed by atoms with Crippen LogP contribution in [0.3, 0.4) is 0 Å². The molecule has 0 amide bonds. The summed E-state index contributed by atoms with van der Waals surface area (Å²) < 4.78 is 43.3. The van der Waals surface area contributed by atoms with Crippen LogP contribution in [0.25, 0.3) is 0 Å². The second-order valence-corrected chi connectivity index (χ2v) is 4.03. The topological polar surface area (TPSA) is 117 Å². The van der Waals surface area contributed by atoms with E-state index >= 15 is 0 Å². The number of hydrogen-bond donors (Lipinski definition) is 0. The number of hydrogen-bond acceptors (Lipinski definition) is 5.